The van der Waals surface area contributed by atoms with Crippen molar-refractivity contribution in [2.45, 2.75) is 33.6 Å². The first-order valence-corrected chi connectivity index (χ1v) is 11.1. The molecule has 2 N–H and O–H groups in total. The number of hydrogen-bond acceptors (Lipinski definition) is 6. The van der Waals surface area contributed by atoms with Crippen LogP contribution in [0.1, 0.15) is 43.5 Å². The number of methoxy groups -OCH3 is 1. The van der Waals surface area contributed by atoms with Gasteiger partial charge in [-0.05, 0) is 43.1 Å². The van der Waals surface area contributed by atoms with Gasteiger partial charge in [0.15, 0.2) is 5.65 Å². The predicted octanol–water partition coefficient (Wildman–Crippen LogP) is 3.58. The number of nitrogens with zero attached hydrogens (tertiary/aromatic N) is 4. The van der Waals surface area contributed by atoms with Crippen molar-refractivity contribution in [1.29, 1.82) is 0 Å². The number of aromatic nitrogens is 5. The predicted molar refractivity (Wildman–Crippen MR) is 122 cm³/mol. The van der Waals surface area contributed by atoms with Gasteiger partial charge in [0.1, 0.15) is 11.5 Å². The number of nitrogens with one attached hydrogen (secondary N) is 2. The maximum absolute atomic E-state index is 12.4. The van der Waals surface area contributed by atoms with E-state index in [9.17, 15) is 4.79 Å². The molecule has 0 radical (unpaired) electrons. The van der Waals surface area contributed by atoms with Crippen molar-refractivity contribution in [3.63, 3.8) is 0 Å². The highest BCUT2D eigenvalue weighted by Crippen LogP contribution is 2.38. The van der Waals surface area contributed by atoms with E-state index in [4.69, 9.17) is 4.74 Å². The largest absolute Gasteiger partial charge is 0.481 e. The molecule has 8 heteroatoms. The lowest BCUT2D eigenvalue weighted by molar-refractivity contribution is 0.0933. The number of rotatable bonds is 7. The van der Waals surface area contributed by atoms with Crippen molar-refractivity contribution in [3.8, 4) is 5.88 Å². The third kappa shape index (κ3) is 4.79. The van der Waals surface area contributed by atoms with Crippen molar-refractivity contribution in [2.75, 3.05) is 13.7 Å². The summed E-state index contributed by atoms with van der Waals surface area (Å²) in [5.74, 6) is 2.98. The molecule has 4 rings (SSSR count). The number of pyridine rings is 1. The van der Waals surface area contributed by atoms with Gasteiger partial charge in [-0.3, -0.25) is 9.78 Å². The fourth-order valence-electron chi connectivity index (χ4n) is 4.59. The lowest BCUT2D eigenvalue weighted by Gasteiger charge is -2.37. The molecule has 1 amide bonds. The van der Waals surface area contributed by atoms with Crippen molar-refractivity contribution < 1.29 is 9.53 Å². The molecule has 3 aromatic rings. The molecule has 3 aromatic heterocycles. The fourth-order valence-corrected chi connectivity index (χ4v) is 4.59. The van der Waals surface area contributed by atoms with Crippen molar-refractivity contribution >= 4 is 17.1 Å². The SMILES string of the molecule is COc1ccc2[nH]c(CC3CC(C(C)C)C(CNC(=O)c4cnccn4)C=C3C)nc2n1. The molecule has 0 fully saturated rings. The number of amides is 1. The summed E-state index contributed by atoms with van der Waals surface area (Å²) in [5.41, 5.74) is 3.29. The number of hydrogen-bond donors (Lipinski definition) is 2. The molecule has 3 atom stereocenters. The molecule has 3 unspecified atom stereocenters. The van der Waals surface area contributed by atoms with Crippen molar-refractivity contribution in [3.05, 3.63) is 53.9 Å². The Morgan fingerprint density at radius 3 is 2.84 bits per heavy atom. The number of ether oxygens (including phenoxy) is 1. The zero-order chi connectivity index (χ0) is 22.7. The van der Waals surface area contributed by atoms with E-state index in [1.807, 2.05) is 12.1 Å². The minimum atomic E-state index is -0.181. The molecular formula is C24H30N6O2. The normalized spacial score (nSPS) is 20.9. The Morgan fingerprint density at radius 2 is 2.12 bits per heavy atom. The number of carbonyl (C=O) groups excluding carboxylic acids is 1. The number of allylic oxidation sites excluding steroid dienone is 1. The summed E-state index contributed by atoms with van der Waals surface area (Å²) in [4.78, 5) is 33.0. The zero-order valence-electron chi connectivity index (χ0n) is 19.0. The summed E-state index contributed by atoms with van der Waals surface area (Å²) >= 11 is 0. The van der Waals surface area contributed by atoms with Crippen molar-refractivity contribution in [2.24, 2.45) is 23.7 Å². The van der Waals surface area contributed by atoms with Crippen LogP contribution in [0.15, 0.2) is 42.4 Å². The molecular weight excluding hydrogens is 404 g/mol. The molecule has 1 aliphatic rings. The van der Waals surface area contributed by atoms with Gasteiger partial charge < -0.3 is 15.0 Å². The first-order valence-electron chi connectivity index (χ1n) is 11.1. The van der Waals surface area contributed by atoms with Crippen LogP contribution < -0.4 is 10.1 Å². The van der Waals surface area contributed by atoms with Gasteiger partial charge in [0, 0.05) is 31.4 Å². The van der Waals surface area contributed by atoms with Gasteiger partial charge in [0.05, 0.1) is 18.8 Å². The van der Waals surface area contributed by atoms with Gasteiger partial charge in [-0.1, -0.05) is 25.5 Å². The van der Waals surface area contributed by atoms with E-state index in [0.717, 1.165) is 24.2 Å². The molecule has 0 aromatic carbocycles. The van der Waals surface area contributed by atoms with Crippen LogP contribution in [0.25, 0.3) is 11.2 Å². The van der Waals surface area contributed by atoms with E-state index < -0.39 is 0 Å². The molecule has 8 nitrogen and oxygen atoms in total. The van der Waals surface area contributed by atoms with Gasteiger partial charge in [-0.25, -0.2) is 9.97 Å². The number of aromatic amines is 1. The third-order valence-corrected chi connectivity index (χ3v) is 6.40. The Morgan fingerprint density at radius 1 is 1.28 bits per heavy atom. The smallest absolute Gasteiger partial charge is 0.271 e. The molecule has 1 aliphatic carbocycles. The monoisotopic (exact) mass is 434 g/mol. The summed E-state index contributed by atoms with van der Waals surface area (Å²) < 4.78 is 5.21. The van der Waals surface area contributed by atoms with Crippen molar-refractivity contribution in [1.82, 2.24) is 30.2 Å². The minimum Gasteiger partial charge on any atom is -0.481 e. The summed E-state index contributed by atoms with van der Waals surface area (Å²) in [6, 6.07) is 3.79. The van der Waals surface area contributed by atoms with Crippen LogP contribution in [0.4, 0.5) is 0 Å². The van der Waals surface area contributed by atoms with E-state index in [1.165, 1.54) is 18.0 Å². The number of fused-ring (bicyclic) bond motifs is 1. The topological polar surface area (TPSA) is 106 Å². The highest BCUT2D eigenvalue weighted by atomic mass is 16.5. The van der Waals surface area contributed by atoms with Crippen LogP contribution in [-0.2, 0) is 6.42 Å². The van der Waals surface area contributed by atoms with Crippen LogP contribution in [0.2, 0.25) is 0 Å². The molecule has 0 saturated carbocycles. The summed E-state index contributed by atoms with van der Waals surface area (Å²) in [6.07, 6.45) is 8.81. The van der Waals surface area contributed by atoms with Crippen LogP contribution in [0.3, 0.4) is 0 Å². The Kier molecular flexibility index (Phi) is 6.48. The van der Waals surface area contributed by atoms with Gasteiger partial charge in [-0.15, -0.1) is 0 Å². The van der Waals surface area contributed by atoms with Gasteiger partial charge in [0.2, 0.25) is 5.88 Å². The Balaban J connectivity index is 1.46. The lowest BCUT2D eigenvalue weighted by Crippen LogP contribution is -2.37. The summed E-state index contributed by atoms with van der Waals surface area (Å²) in [5, 5.41) is 3.04. The fraction of sp³-hybridized carbons (Fsp3) is 0.458. The number of H-pyrrole nitrogens is 1. The molecule has 0 bridgehead atoms. The Hall–Kier alpha value is -3.29. The van der Waals surface area contributed by atoms with Crippen LogP contribution in [0.5, 0.6) is 5.88 Å². The highest BCUT2D eigenvalue weighted by Gasteiger charge is 2.32. The zero-order valence-corrected chi connectivity index (χ0v) is 19.0. The van der Waals surface area contributed by atoms with E-state index in [1.54, 1.807) is 13.3 Å². The average molecular weight is 435 g/mol. The second-order valence-electron chi connectivity index (χ2n) is 8.83. The summed E-state index contributed by atoms with van der Waals surface area (Å²) in [7, 11) is 1.61. The van der Waals surface area contributed by atoms with Crippen LogP contribution >= 0.6 is 0 Å². The number of carbonyl (C=O) groups is 1. The molecule has 168 valence electrons. The van der Waals surface area contributed by atoms with Gasteiger partial charge >= 0.3 is 0 Å². The molecule has 0 saturated heterocycles. The first kappa shape index (κ1) is 21.9. The first-order chi connectivity index (χ1) is 15.4. The lowest BCUT2D eigenvalue weighted by atomic mass is 9.70. The van der Waals surface area contributed by atoms with E-state index >= 15 is 0 Å². The molecule has 3 heterocycles. The third-order valence-electron chi connectivity index (χ3n) is 6.40. The van der Waals surface area contributed by atoms with Gasteiger partial charge in [0.25, 0.3) is 5.91 Å². The van der Waals surface area contributed by atoms with Gasteiger partial charge in [-0.2, -0.15) is 4.98 Å². The standard InChI is InChI=1S/C24H30N6O2/c1-14(2)18-10-16(11-21-28-19-5-6-22(32-4)30-23(19)29-21)15(3)9-17(18)12-27-24(31)20-13-25-7-8-26-20/h5-9,13-14,16-18H,10-12H2,1-4H3,(H,27,31)(H,28,29,30). The maximum Gasteiger partial charge on any atom is 0.271 e. The summed E-state index contributed by atoms with van der Waals surface area (Å²) in [6.45, 7) is 7.29. The quantitative estimate of drug-likeness (QED) is 0.551. The second kappa shape index (κ2) is 9.46. The van der Waals surface area contributed by atoms with E-state index in [2.05, 4.69) is 57.1 Å². The number of imidazole rings is 1. The van der Waals surface area contributed by atoms with Crippen LogP contribution in [0, 0.1) is 23.7 Å². The Bertz CT molecular complexity index is 1110. The highest BCUT2D eigenvalue weighted by molar-refractivity contribution is 5.91. The van der Waals surface area contributed by atoms with E-state index in [0.29, 0.717) is 41.5 Å². The molecule has 32 heavy (non-hydrogen) atoms. The second-order valence-corrected chi connectivity index (χ2v) is 8.83. The average Bonchev–Trinajstić information content (AvgIpc) is 3.20. The minimum absolute atomic E-state index is 0.181. The molecule has 0 spiro atoms. The van der Waals surface area contributed by atoms with E-state index in [-0.39, 0.29) is 11.8 Å². The maximum atomic E-state index is 12.4. The Labute approximate surface area is 187 Å². The molecule has 0 aliphatic heterocycles. The van der Waals surface area contributed by atoms with Crippen LogP contribution in [-0.4, -0.2) is 44.5 Å².